The van der Waals surface area contributed by atoms with Gasteiger partial charge in [0.2, 0.25) is 0 Å². The standard InChI is InChI=1S/C25H22FNO4/c26-17-9-7-15(8-10-17)24-20-3-1-2-4-22(20)27-25(16-5-6-16)21(24)12-11-18(28)13-19(29)14-23(30)31/h1-4,7-10,16,18-19,28-29H,5-6,13-14H2,(H,30,31). The third-order valence-electron chi connectivity index (χ3n) is 5.29. The Hall–Kier alpha value is -3.27. The molecule has 6 heteroatoms. The van der Waals surface area contributed by atoms with Gasteiger partial charge in [-0.1, -0.05) is 42.2 Å². The summed E-state index contributed by atoms with van der Waals surface area (Å²) >= 11 is 0. The van der Waals surface area contributed by atoms with Crippen molar-refractivity contribution in [2.24, 2.45) is 0 Å². The molecular weight excluding hydrogens is 397 g/mol. The zero-order valence-corrected chi connectivity index (χ0v) is 16.8. The smallest absolute Gasteiger partial charge is 0.305 e. The van der Waals surface area contributed by atoms with E-state index in [1.807, 2.05) is 24.3 Å². The number of nitrogens with zero attached hydrogens (tertiary/aromatic N) is 1. The Morgan fingerprint density at radius 1 is 1.13 bits per heavy atom. The third-order valence-corrected chi connectivity index (χ3v) is 5.29. The number of benzene rings is 2. The molecule has 1 aliphatic rings. The van der Waals surface area contributed by atoms with Crippen LogP contribution in [-0.4, -0.2) is 38.5 Å². The van der Waals surface area contributed by atoms with Crippen LogP contribution in [0.5, 0.6) is 0 Å². The van der Waals surface area contributed by atoms with Crippen LogP contribution in [0, 0.1) is 17.7 Å². The highest BCUT2D eigenvalue weighted by atomic mass is 19.1. The monoisotopic (exact) mass is 419 g/mol. The number of halogens is 1. The van der Waals surface area contributed by atoms with Crippen molar-refractivity contribution in [3.8, 4) is 23.0 Å². The number of hydrogen-bond acceptors (Lipinski definition) is 4. The fraction of sp³-hybridized carbons (Fsp3) is 0.280. The van der Waals surface area contributed by atoms with Crippen molar-refractivity contribution in [2.45, 2.75) is 43.8 Å². The average molecular weight is 419 g/mol. The van der Waals surface area contributed by atoms with E-state index in [9.17, 15) is 19.4 Å². The maximum Gasteiger partial charge on any atom is 0.305 e. The minimum Gasteiger partial charge on any atom is -0.481 e. The lowest BCUT2D eigenvalue weighted by atomic mass is 9.92. The van der Waals surface area contributed by atoms with E-state index in [1.165, 1.54) is 12.1 Å². The molecule has 0 bridgehead atoms. The van der Waals surface area contributed by atoms with Gasteiger partial charge >= 0.3 is 5.97 Å². The Morgan fingerprint density at radius 3 is 2.52 bits per heavy atom. The number of carbonyl (C=O) groups is 1. The summed E-state index contributed by atoms with van der Waals surface area (Å²) in [6.07, 6.45) is -0.981. The number of rotatable bonds is 6. The summed E-state index contributed by atoms with van der Waals surface area (Å²) < 4.78 is 13.6. The second-order valence-corrected chi connectivity index (χ2v) is 7.82. The maximum atomic E-state index is 13.6. The van der Waals surface area contributed by atoms with Gasteiger partial charge in [-0.2, -0.15) is 0 Å². The minimum atomic E-state index is -1.19. The normalized spacial score (nSPS) is 15.2. The SMILES string of the molecule is O=C(O)CC(O)CC(O)C#Cc1c(C2CC2)nc2ccccc2c1-c1ccc(F)cc1. The van der Waals surface area contributed by atoms with Crippen LogP contribution in [0.2, 0.25) is 0 Å². The Kier molecular flexibility index (Phi) is 5.99. The van der Waals surface area contributed by atoms with Crippen LogP contribution >= 0.6 is 0 Å². The summed E-state index contributed by atoms with van der Waals surface area (Å²) in [6.45, 7) is 0. The minimum absolute atomic E-state index is 0.162. The highest BCUT2D eigenvalue weighted by Crippen LogP contribution is 2.44. The van der Waals surface area contributed by atoms with Crippen LogP contribution in [0.25, 0.3) is 22.0 Å². The molecule has 0 saturated heterocycles. The number of aromatic nitrogens is 1. The topological polar surface area (TPSA) is 90.7 Å². The van der Waals surface area contributed by atoms with Crippen molar-refractivity contribution in [3.05, 3.63) is 65.6 Å². The molecule has 0 spiro atoms. The van der Waals surface area contributed by atoms with Gasteiger partial charge in [0, 0.05) is 23.3 Å². The van der Waals surface area contributed by atoms with Gasteiger partial charge in [0.1, 0.15) is 11.9 Å². The first-order chi connectivity index (χ1) is 14.9. The molecule has 0 aliphatic heterocycles. The largest absolute Gasteiger partial charge is 0.481 e. The van der Waals surface area contributed by atoms with E-state index in [0.29, 0.717) is 5.56 Å². The number of aliphatic hydroxyl groups excluding tert-OH is 2. The molecule has 3 aromatic rings. The second kappa shape index (κ2) is 8.84. The van der Waals surface area contributed by atoms with Gasteiger partial charge in [0.05, 0.1) is 29.3 Å². The van der Waals surface area contributed by atoms with Gasteiger partial charge in [-0.05, 0) is 36.6 Å². The summed E-state index contributed by atoms with van der Waals surface area (Å²) in [5.74, 6) is 4.61. The molecule has 2 aromatic carbocycles. The van der Waals surface area contributed by atoms with Crippen LogP contribution < -0.4 is 0 Å². The molecule has 1 aromatic heterocycles. The molecular formula is C25H22FNO4. The van der Waals surface area contributed by atoms with Gasteiger partial charge < -0.3 is 15.3 Å². The molecule has 1 saturated carbocycles. The van der Waals surface area contributed by atoms with E-state index in [-0.39, 0.29) is 18.2 Å². The molecule has 2 unspecified atom stereocenters. The molecule has 2 atom stereocenters. The average Bonchev–Trinajstić information content (AvgIpc) is 3.56. The lowest BCUT2D eigenvalue weighted by Crippen LogP contribution is -2.19. The van der Waals surface area contributed by atoms with Crippen LogP contribution in [0.1, 0.15) is 42.9 Å². The second-order valence-electron chi connectivity index (χ2n) is 7.82. The Labute approximate surface area is 179 Å². The van der Waals surface area contributed by atoms with Crippen molar-refractivity contribution in [2.75, 3.05) is 0 Å². The molecule has 31 heavy (non-hydrogen) atoms. The number of carboxylic acids is 1. The molecule has 5 nitrogen and oxygen atoms in total. The number of fused-ring (bicyclic) bond motifs is 1. The molecule has 158 valence electrons. The lowest BCUT2D eigenvalue weighted by Gasteiger charge is -2.14. The van der Waals surface area contributed by atoms with E-state index in [4.69, 9.17) is 10.1 Å². The summed E-state index contributed by atoms with van der Waals surface area (Å²) in [6, 6.07) is 13.9. The van der Waals surface area contributed by atoms with Gasteiger partial charge in [-0.15, -0.1) is 0 Å². The number of para-hydroxylation sites is 1. The van der Waals surface area contributed by atoms with Gasteiger partial charge in [-0.25, -0.2) is 4.39 Å². The number of pyridine rings is 1. The summed E-state index contributed by atoms with van der Waals surface area (Å²) in [5.41, 5.74) is 3.99. The van der Waals surface area contributed by atoms with E-state index >= 15 is 0 Å². The molecule has 3 N–H and O–H groups in total. The first-order valence-corrected chi connectivity index (χ1v) is 10.2. The zero-order valence-electron chi connectivity index (χ0n) is 16.8. The Bertz CT molecular complexity index is 1180. The lowest BCUT2D eigenvalue weighted by molar-refractivity contribution is -0.139. The van der Waals surface area contributed by atoms with Crippen LogP contribution in [0.15, 0.2) is 48.5 Å². The fourth-order valence-electron chi connectivity index (χ4n) is 3.68. The molecule has 4 rings (SSSR count). The van der Waals surface area contributed by atoms with Gasteiger partial charge in [0.25, 0.3) is 0 Å². The van der Waals surface area contributed by atoms with Crippen LogP contribution in [0.3, 0.4) is 0 Å². The molecule has 0 amide bonds. The summed E-state index contributed by atoms with van der Waals surface area (Å²) in [4.78, 5) is 15.6. The van der Waals surface area contributed by atoms with E-state index < -0.39 is 24.6 Å². The van der Waals surface area contributed by atoms with E-state index in [1.54, 1.807) is 12.1 Å². The van der Waals surface area contributed by atoms with E-state index in [2.05, 4.69) is 11.8 Å². The summed E-state index contributed by atoms with van der Waals surface area (Å²) in [7, 11) is 0. The highest BCUT2D eigenvalue weighted by Gasteiger charge is 2.30. The molecule has 1 heterocycles. The number of aliphatic carboxylic acids is 1. The van der Waals surface area contributed by atoms with Crippen LogP contribution in [-0.2, 0) is 4.79 Å². The first-order valence-electron chi connectivity index (χ1n) is 10.2. The molecule has 0 radical (unpaired) electrons. The van der Waals surface area contributed by atoms with Crippen molar-refractivity contribution in [1.29, 1.82) is 0 Å². The predicted octanol–water partition coefficient (Wildman–Crippen LogP) is 3.86. The summed E-state index contributed by atoms with van der Waals surface area (Å²) in [5, 5.41) is 29.7. The first kappa shape index (κ1) is 21.0. The number of carboxylic acid groups (broad SMARTS) is 1. The van der Waals surface area contributed by atoms with Crippen LogP contribution in [0.4, 0.5) is 4.39 Å². The maximum absolute atomic E-state index is 13.6. The fourth-order valence-corrected chi connectivity index (χ4v) is 3.68. The molecule has 1 aliphatic carbocycles. The zero-order chi connectivity index (χ0) is 22.0. The van der Waals surface area contributed by atoms with Gasteiger partial charge in [0.15, 0.2) is 0 Å². The predicted molar refractivity (Wildman–Crippen MR) is 115 cm³/mol. The third kappa shape index (κ3) is 4.91. The highest BCUT2D eigenvalue weighted by molar-refractivity contribution is 5.98. The van der Waals surface area contributed by atoms with Crippen molar-refractivity contribution >= 4 is 16.9 Å². The molecule has 1 fully saturated rings. The number of aliphatic hydroxyl groups is 2. The number of hydrogen-bond donors (Lipinski definition) is 3. The van der Waals surface area contributed by atoms with E-state index in [0.717, 1.165) is 40.6 Å². The van der Waals surface area contributed by atoms with Crippen molar-refractivity contribution in [1.82, 2.24) is 4.98 Å². The quantitative estimate of drug-likeness (QED) is 0.528. The van der Waals surface area contributed by atoms with Crippen molar-refractivity contribution in [3.63, 3.8) is 0 Å². The van der Waals surface area contributed by atoms with Gasteiger partial charge in [-0.3, -0.25) is 9.78 Å². The van der Waals surface area contributed by atoms with Crippen molar-refractivity contribution < 1.29 is 24.5 Å². The Morgan fingerprint density at radius 2 is 1.84 bits per heavy atom. The Balaban J connectivity index is 1.82.